The summed E-state index contributed by atoms with van der Waals surface area (Å²) in [6, 6.07) is 9.54. The van der Waals surface area contributed by atoms with Gasteiger partial charge in [-0.2, -0.15) is 0 Å². The van der Waals surface area contributed by atoms with E-state index >= 15 is 0 Å². The van der Waals surface area contributed by atoms with Crippen LogP contribution in [0.2, 0.25) is 0 Å². The van der Waals surface area contributed by atoms with Gasteiger partial charge in [0.2, 0.25) is 0 Å². The summed E-state index contributed by atoms with van der Waals surface area (Å²) in [5.74, 6) is 0.661. The molecule has 1 aromatic carbocycles. The SMILES string of the molecule is Cc1ccccc1CC(CCOC(C)(C)C)CNC1CC1. The highest BCUT2D eigenvalue weighted by atomic mass is 16.5. The van der Waals surface area contributed by atoms with E-state index in [1.165, 1.54) is 24.0 Å². The van der Waals surface area contributed by atoms with E-state index in [1.54, 1.807) is 0 Å². The van der Waals surface area contributed by atoms with Crippen LogP contribution in [0.5, 0.6) is 0 Å². The maximum Gasteiger partial charge on any atom is 0.0598 e. The van der Waals surface area contributed by atoms with Crippen molar-refractivity contribution >= 4 is 0 Å². The Balaban J connectivity index is 1.86. The van der Waals surface area contributed by atoms with E-state index in [-0.39, 0.29) is 5.60 Å². The van der Waals surface area contributed by atoms with Crippen LogP contribution in [0.3, 0.4) is 0 Å². The zero-order valence-electron chi connectivity index (χ0n) is 14.1. The summed E-state index contributed by atoms with van der Waals surface area (Å²) in [4.78, 5) is 0. The number of aryl methyl sites for hydroxylation is 1. The fraction of sp³-hybridized carbons (Fsp3) is 0.684. The topological polar surface area (TPSA) is 21.3 Å². The van der Waals surface area contributed by atoms with Gasteiger partial charge < -0.3 is 10.1 Å². The lowest BCUT2D eigenvalue weighted by molar-refractivity contribution is -0.00922. The molecular weight excluding hydrogens is 258 g/mol. The minimum atomic E-state index is -0.0306. The van der Waals surface area contributed by atoms with Crippen LogP contribution in [-0.2, 0) is 11.2 Å². The van der Waals surface area contributed by atoms with Gasteiger partial charge in [-0.25, -0.2) is 0 Å². The Morgan fingerprint density at radius 3 is 2.57 bits per heavy atom. The van der Waals surface area contributed by atoms with Crippen molar-refractivity contribution in [2.24, 2.45) is 5.92 Å². The molecule has 0 aliphatic heterocycles. The molecule has 1 aliphatic rings. The van der Waals surface area contributed by atoms with E-state index in [1.807, 2.05) is 0 Å². The number of nitrogens with one attached hydrogen (secondary N) is 1. The Labute approximate surface area is 130 Å². The molecule has 0 saturated heterocycles. The minimum Gasteiger partial charge on any atom is -0.376 e. The van der Waals surface area contributed by atoms with Gasteiger partial charge in [-0.1, -0.05) is 24.3 Å². The molecule has 2 nitrogen and oxygen atoms in total. The molecule has 1 unspecified atom stereocenters. The van der Waals surface area contributed by atoms with E-state index in [0.29, 0.717) is 5.92 Å². The Bertz CT molecular complexity index is 431. The summed E-state index contributed by atoms with van der Waals surface area (Å²) < 4.78 is 5.92. The van der Waals surface area contributed by atoms with Crippen LogP contribution in [0.1, 0.15) is 51.2 Å². The minimum absolute atomic E-state index is 0.0306. The highest BCUT2D eigenvalue weighted by Crippen LogP contribution is 2.21. The first-order valence-electron chi connectivity index (χ1n) is 8.36. The first-order chi connectivity index (χ1) is 9.94. The fourth-order valence-electron chi connectivity index (χ4n) is 2.58. The molecule has 21 heavy (non-hydrogen) atoms. The molecule has 118 valence electrons. The first-order valence-corrected chi connectivity index (χ1v) is 8.36. The second-order valence-electron chi connectivity index (χ2n) is 7.43. The number of benzene rings is 1. The van der Waals surface area contributed by atoms with Crippen molar-refractivity contribution in [3.63, 3.8) is 0 Å². The van der Waals surface area contributed by atoms with Gasteiger partial charge in [0, 0.05) is 12.6 Å². The van der Waals surface area contributed by atoms with Crippen LogP contribution < -0.4 is 5.32 Å². The largest absolute Gasteiger partial charge is 0.376 e. The quantitative estimate of drug-likeness (QED) is 0.777. The Kier molecular flexibility index (Phi) is 5.83. The molecule has 0 bridgehead atoms. The molecule has 1 saturated carbocycles. The summed E-state index contributed by atoms with van der Waals surface area (Å²) in [6.07, 6.45) is 5.00. The van der Waals surface area contributed by atoms with Crippen LogP contribution in [0.4, 0.5) is 0 Å². The third-order valence-corrected chi connectivity index (χ3v) is 4.10. The highest BCUT2D eigenvalue weighted by Gasteiger charge is 2.22. The molecule has 0 radical (unpaired) electrons. The van der Waals surface area contributed by atoms with Gasteiger partial charge in [0.1, 0.15) is 0 Å². The van der Waals surface area contributed by atoms with Crippen LogP contribution in [0.25, 0.3) is 0 Å². The van der Waals surface area contributed by atoms with Crippen molar-refractivity contribution in [3.05, 3.63) is 35.4 Å². The predicted molar refractivity (Wildman–Crippen MR) is 89.7 cm³/mol. The Hall–Kier alpha value is -0.860. The van der Waals surface area contributed by atoms with Crippen molar-refractivity contribution in [3.8, 4) is 0 Å². The molecule has 2 heteroatoms. The van der Waals surface area contributed by atoms with Gasteiger partial charge in [-0.3, -0.25) is 0 Å². The molecule has 1 atom stereocenters. The van der Waals surface area contributed by atoms with Crippen LogP contribution >= 0.6 is 0 Å². The van der Waals surface area contributed by atoms with E-state index in [4.69, 9.17) is 4.74 Å². The van der Waals surface area contributed by atoms with Crippen molar-refractivity contribution in [1.29, 1.82) is 0 Å². The lowest BCUT2D eigenvalue weighted by Crippen LogP contribution is -2.28. The van der Waals surface area contributed by atoms with Gasteiger partial charge in [-0.15, -0.1) is 0 Å². The zero-order valence-corrected chi connectivity index (χ0v) is 14.1. The van der Waals surface area contributed by atoms with Crippen molar-refractivity contribution in [2.45, 2.75) is 65.0 Å². The number of ether oxygens (including phenoxy) is 1. The normalized spacial score (nSPS) is 17.0. The number of rotatable bonds is 8. The first kappa shape index (κ1) is 16.5. The van der Waals surface area contributed by atoms with E-state index in [9.17, 15) is 0 Å². The second-order valence-corrected chi connectivity index (χ2v) is 7.43. The summed E-state index contributed by atoms with van der Waals surface area (Å²) in [5, 5.41) is 3.69. The van der Waals surface area contributed by atoms with Crippen LogP contribution in [0, 0.1) is 12.8 Å². The molecule has 1 N–H and O–H groups in total. The molecule has 0 amide bonds. The predicted octanol–water partition coefficient (Wildman–Crippen LogP) is 4.11. The third-order valence-electron chi connectivity index (χ3n) is 4.10. The van der Waals surface area contributed by atoms with Crippen molar-refractivity contribution in [2.75, 3.05) is 13.2 Å². The summed E-state index contributed by atoms with van der Waals surface area (Å²) in [5.41, 5.74) is 2.86. The van der Waals surface area contributed by atoms with Gasteiger partial charge >= 0.3 is 0 Å². The standard InChI is InChI=1S/C19H31NO/c1-15-7-5-6-8-17(15)13-16(14-20-18-9-10-18)11-12-21-19(2,3)4/h5-8,16,18,20H,9-14H2,1-4H3. The molecule has 0 spiro atoms. The summed E-state index contributed by atoms with van der Waals surface area (Å²) >= 11 is 0. The fourth-order valence-corrected chi connectivity index (χ4v) is 2.58. The number of hydrogen-bond donors (Lipinski definition) is 1. The van der Waals surface area contributed by atoms with Gasteiger partial charge in [0.25, 0.3) is 0 Å². The van der Waals surface area contributed by atoms with Crippen molar-refractivity contribution < 1.29 is 4.74 Å². The lowest BCUT2D eigenvalue weighted by atomic mass is 9.93. The van der Waals surface area contributed by atoms with E-state index in [0.717, 1.165) is 32.0 Å². The van der Waals surface area contributed by atoms with Gasteiger partial charge in [0.15, 0.2) is 0 Å². The number of hydrogen-bond acceptors (Lipinski definition) is 2. The molecule has 1 aromatic rings. The van der Waals surface area contributed by atoms with Crippen LogP contribution in [0.15, 0.2) is 24.3 Å². The lowest BCUT2D eigenvalue weighted by Gasteiger charge is -2.23. The summed E-state index contributed by atoms with van der Waals surface area (Å²) in [7, 11) is 0. The highest BCUT2D eigenvalue weighted by molar-refractivity contribution is 5.26. The average Bonchev–Trinajstić information content (AvgIpc) is 3.21. The van der Waals surface area contributed by atoms with Gasteiger partial charge in [-0.05, 0) is 77.0 Å². The van der Waals surface area contributed by atoms with E-state index < -0.39 is 0 Å². The Morgan fingerprint density at radius 1 is 1.24 bits per heavy atom. The maximum absolute atomic E-state index is 5.92. The Morgan fingerprint density at radius 2 is 1.95 bits per heavy atom. The molecule has 0 aromatic heterocycles. The maximum atomic E-state index is 5.92. The molecular formula is C19H31NO. The molecule has 2 rings (SSSR count). The summed E-state index contributed by atoms with van der Waals surface area (Å²) in [6.45, 7) is 10.6. The van der Waals surface area contributed by atoms with Gasteiger partial charge in [0.05, 0.1) is 5.60 Å². The average molecular weight is 289 g/mol. The molecule has 1 fully saturated rings. The third kappa shape index (κ3) is 6.62. The smallest absolute Gasteiger partial charge is 0.0598 e. The zero-order chi connectivity index (χ0) is 15.3. The van der Waals surface area contributed by atoms with Crippen LogP contribution in [-0.4, -0.2) is 24.8 Å². The molecule has 0 heterocycles. The van der Waals surface area contributed by atoms with E-state index in [2.05, 4.69) is 57.3 Å². The second kappa shape index (κ2) is 7.42. The monoisotopic (exact) mass is 289 g/mol. The van der Waals surface area contributed by atoms with Crippen molar-refractivity contribution in [1.82, 2.24) is 5.32 Å². The molecule has 1 aliphatic carbocycles.